The van der Waals surface area contributed by atoms with E-state index in [4.69, 9.17) is 5.26 Å². The number of nitrogens with one attached hydrogen (secondary N) is 1. The van der Waals surface area contributed by atoms with Gasteiger partial charge in [0.15, 0.2) is 0 Å². The Hall–Kier alpha value is -0.590. The first-order valence-corrected chi connectivity index (χ1v) is 7.05. The fraction of sp³-hybridized carbons (Fsp3) is 0.929. The first-order chi connectivity index (χ1) is 8.22. The quantitative estimate of drug-likeness (QED) is 0.691. The summed E-state index contributed by atoms with van der Waals surface area (Å²) in [5.74, 6) is 0.821. The molecule has 1 fully saturated rings. The molecule has 0 spiro atoms. The summed E-state index contributed by atoms with van der Waals surface area (Å²) in [6.07, 6.45) is 5.66. The van der Waals surface area contributed by atoms with Gasteiger partial charge < -0.3 is 10.2 Å². The molecule has 0 aromatic carbocycles. The second-order valence-electron chi connectivity index (χ2n) is 5.49. The number of hydrogen-bond acceptors (Lipinski definition) is 3. The highest BCUT2D eigenvalue weighted by Gasteiger charge is 2.19. The van der Waals surface area contributed by atoms with Crippen LogP contribution in [0.2, 0.25) is 0 Å². The molecule has 3 heteroatoms. The van der Waals surface area contributed by atoms with Crippen LogP contribution in [0.4, 0.5) is 0 Å². The maximum atomic E-state index is 8.50. The van der Waals surface area contributed by atoms with E-state index in [-0.39, 0.29) is 0 Å². The maximum Gasteiger partial charge on any atom is 0.0621 e. The van der Waals surface area contributed by atoms with Gasteiger partial charge in [0.2, 0.25) is 0 Å². The molecule has 1 aliphatic heterocycles. The summed E-state index contributed by atoms with van der Waals surface area (Å²) >= 11 is 0. The minimum absolute atomic E-state index is 0.598. The summed E-state index contributed by atoms with van der Waals surface area (Å²) in [6.45, 7) is 9.26. The third-order valence-corrected chi connectivity index (χ3v) is 3.43. The van der Waals surface area contributed by atoms with Gasteiger partial charge in [0.25, 0.3) is 0 Å². The molecule has 3 nitrogen and oxygen atoms in total. The van der Waals surface area contributed by atoms with Crippen LogP contribution in [0, 0.1) is 17.2 Å². The second-order valence-corrected chi connectivity index (χ2v) is 5.49. The minimum atomic E-state index is 0.598. The van der Waals surface area contributed by atoms with Gasteiger partial charge in [-0.3, -0.25) is 0 Å². The Morgan fingerprint density at radius 1 is 1.41 bits per heavy atom. The molecule has 1 aliphatic rings. The predicted molar refractivity (Wildman–Crippen MR) is 71.8 cm³/mol. The van der Waals surface area contributed by atoms with E-state index < -0.39 is 0 Å². The third-order valence-electron chi connectivity index (χ3n) is 3.43. The summed E-state index contributed by atoms with van der Waals surface area (Å²) in [5.41, 5.74) is 0. The van der Waals surface area contributed by atoms with Crippen LogP contribution in [0.15, 0.2) is 0 Å². The fourth-order valence-corrected chi connectivity index (χ4v) is 2.46. The molecule has 1 atom stereocenters. The summed E-state index contributed by atoms with van der Waals surface area (Å²) < 4.78 is 0. The Morgan fingerprint density at radius 2 is 2.24 bits per heavy atom. The zero-order chi connectivity index (χ0) is 12.5. The lowest BCUT2D eigenvalue weighted by Gasteiger charge is -2.33. The largest absolute Gasteiger partial charge is 0.314 e. The van der Waals surface area contributed by atoms with Gasteiger partial charge in [-0.15, -0.1) is 0 Å². The minimum Gasteiger partial charge on any atom is -0.314 e. The molecule has 17 heavy (non-hydrogen) atoms. The van der Waals surface area contributed by atoms with Crippen LogP contribution in [0.1, 0.15) is 46.0 Å². The van der Waals surface area contributed by atoms with E-state index >= 15 is 0 Å². The molecular formula is C14H27N3. The Kier molecular flexibility index (Phi) is 7.23. The predicted octanol–water partition coefficient (Wildman–Crippen LogP) is 2.39. The second kappa shape index (κ2) is 8.49. The molecule has 1 N–H and O–H groups in total. The van der Waals surface area contributed by atoms with Gasteiger partial charge in [0, 0.05) is 19.0 Å². The molecule has 0 bridgehead atoms. The molecule has 0 aliphatic carbocycles. The van der Waals surface area contributed by atoms with Gasteiger partial charge in [-0.1, -0.05) is 13.8 Å². The van der Waals surface area contributed by atoms with Crippen LogP contribution in [0.25, 0.3) is 0 Å². The van der Waals surface area contributed by atoms with Gasteiger partial charge in [-0.05, 0) is 51.2 Å². The SMILES string of the molecule is CC(C)NCC1CCCN(CCCCC#N)C1. The van der Waals surface area contributed by atoms with Gasteiger partial charge in [0.1, 0.15) is 0 Å². The molecule has 0 radical (unpaired) electrons. The molecule has 1 unspecified atom stereocenters. The number of nitrogens with zero attached hydrogens (tertiary/aromatic N) is 2. The summed E-state index contributed by atoms with van der Waals surface area (Å²) in [4.78, 5) is 2.58. The van der Waals surface area contributed by atoms with Crippen molar-refractivity contribution in [2.75, 3.05) is 26.2 Å². The van der Waals surface area contributed by atoms with Gasteiger partial charge in [0.05, 0.1) is 6.07 Å². The van der Waals surface area contributed by atoms with E-state index in [9.17, 15) is 0 Å². The molecule has 1 saturated heterocycles. The molecule has 0 amide bonds. The topological polar surface area (TPSA) is 39.1 Å². The summed E-state index contributed by atoms with van der Waals surface area (Å²) in [6, 6.07) is 2.82. The van der Waals surface area contributed by atoms with Crippen LogP contribution in [0.5, 0.6) is 0 Å². The van der Waals surface area contributed by atoms with Crippen molar-refractivity contribution in [3.63, 3.8) is 0 Å². The lowest BCUT2D eigenvalue weighted by Crippen LogP contribution is -2.41. The van der Waals surface area contributed by atoms with E-state index in [1.165, 1.54) is 38.9 Å². The van der Waals surface area contributed by atoms with Crippen LogP contribution < -0.4 is 5.32 Å². The lowest BCUT2D eigenvalue weighted by atomic mass is 9.97. The van der Waals surface area contributed by atoms with Gasteiger partial charge in [-0.25, -0.2) is 0 Å². The number of likely N-dealkylation sites (tertiary alicyclic amines) is 1. The molecule has 1 heterocycles. The van der Waals surface area contributed by atoms with E-state index in [1.807, 2.05) is 0 Å². The first kappa shape index (κ1) is 14.5. The first-order valence-electron chi connectivity index (χ1n) is 7.05. The molecule has 1 rings (SSSR count). The molecule has 98 valence electrons. The standard InChI is InChI=1S/C14H27N3/c1-13(2)16-11-14-7-6-10-17(12-14)9-5-3-4-8-15/h13-14,16H,3-7,9-12H2,1-2H3. The molecule has 0 aromatic rings. The zero-order valence-electron chi connectivity index (χ0n) is 11.4. The van der Waals surface area contributed by atoms with Crippen LogP contribution in [-0.4, -0.2) is 37.1 Å². The van der Waals surface area contributed by atoms with Crippen molar-refractivity contribution in [3.05, 3.63) is 0 Å². The van der Waals surface area contributed by atoms with E-state index in [0.717, 1.165) is 18.9 Å². The van der Waals surface area contributed by atoms with Gasteiger partial charge in [-0.2, -0.15) is 5.26 Å². The zero-order valence-corrected chi connectivity index (χ0v) is 11.4. The Bertz CT molecular complexity index is 232. The highest BCUT2D eigenvalue weighted by atomic mass is 15.1. The summed E-state index contributed by atoms with van der Waals surface area (Å²) in [7, 11) is 0. The molecule has 0 saturated carbocycles. The maximum absolute atomic E-state index is 8.50. The Balaban J connectivity index is 2.13. The number of unbranched alkanes of at least 4 members (excludes halogenated alkanes) is 2. The molecular weight excluding hydrogens is 210 g/mol. The average Bonchev–Trinajstić information content (AvgIpc) is 2.33. The van der Waals surface area contributed by atoms with Gasteiger partial charge >= 0.3 is 0 Å². The Morgan fingerprint density at radius 3 is 2.94 bits per heavy atom. The van der Waals surface area contributed by atoms with Crippen molar-refractivity contribution in [2.45, 2.75) is 52.0 Å². The number of piperidine rings is 1. The van der Waals surface area contributed by atoms with Crippen molar-refractivity contribution in [2.24, 2.45) is 5.92 Å². The monoisotopic (exact) mass is 237 g/mol. The number of hydrogen-bond donors (Lipinski definition) is 1. The van der Waals surface area contributed by atoms with Crippen molar-refractivity contribution in [1.29, 1.82) is 5.26 Å². The van der Waals surface area contributed by atoms with Crippen molar-refractivity contribution in [1.82, 2.24) is 10.2 Å². The highest BCUT2D eigenvalue weighted by molar-refractivity contribution is 4.76. The Labute approximate surface area is 106 Å². The average molecular weight is 237 g/mol. The van der Waals surface area contributed by atoms with E-state index in [2.05, 4.69) is 30.1 Å². The van der Waals surface area contributed by atoms with E-state index in [1.54, 1.807) is 0 Å². The third kappa shape index (κ3) is 6.65. The lowest BCUT2D eigenvalue weighted by molar-refractivity contribution is 0.168. The summed E-state index contributed by atoms with van der Waals surface area (Å²) in [5, 5.41) is 12.0. The van der Waals surface area contributed by atoms with Crippen LogP contribution >= 0.6 is 0 Å². The normalized spacial score (nSPS) is 21.6. The van der Waals surface area contributed by atoms with E-state index in [0.29, 0.717) is 12.5 Å². The van der Waals surface area contributed by atoms with Crippen LogP contribution in [0.3, 0.4) is 0 Å². The van der Waals surface area contributed by atoms with Crippen LogP contribution in [-0.2, 0) is 0 Å². The fourth-order valence-electron chi connectivity index (χ4n) is 2.46. The van der Waals surface area contributed by atoms with Crippen molar-refractivity contribution >= 4 is 0 Å². The van der Waals surface area contributed by atoms with Crippen molar-refractivity contribution < 1.29 is 0 Å². The smallest absolute Gasteiger partial charge is 0.0621 e. The number of rotatable bonds is 7. The van der Waals surface area contributed by atoms with Crippen molar-refractivity contribution in [3.8, 4) is 6.07 Å². The number of nitriles is 1. The molecule has 0 aromatic heterocycles. The highest BCUT2D eigenvalue weighted by Crippen LogP contribution is 2.16.